The maximum absolute atomic E-state index is 5.19. The van der Waals surface area contributed by atoms with Gasteiger partial charge in [0.1, 0.15) is 12.1 Å². The Morgan fingerprint density at radius 1 is 1.32 bits per heavy atom. The van der Waals surface area contributed by atoms with E-state index in [1.165, 1.54) is 18.3 Å². The number of aromatic amines is 1. The molecule has 1 unspecified atom stereocenters. The van der Waals surface area contributed by atoms with E-state index in [1.807, 2.05) is 12.1 Å². The molecule has 2 aromatic rings. The van der Waals surface area contributed by atoms with Crippen LogP contribution < -0.4 is 10.1 Å². The first-order valence-electron chi connectivity index (χ1n) is 6.59. The minimum atomic E-state index is 0.235. The van der Waals surface area contributed by atoms with Gasteiger partial charge in [-0.1, -0.05) is 31.9 Å². The van der Waals surface area contributed by atoms with Gasteiger partial charge in [0.05, 0.1) is 13.2 Å². The third-order valence-electron chi connectivity index (χ3n) is 3.09. The predicted octanol–water partition coefficient (Wildman–Crippen LogP) is 3.16. The Hall–Kier alpha value is -2.04. The molecule has 1 heterocycles. The van der Waals surface area contributed by atoms with Gasteiger partial charge in [0.25, 0.3) is 0 Å². The second kappa shape index (κ2) is 6.78. The van der Waals surface area contributed by atoms with Crippen molar-refractivity contribution in [1.29, 1.82) is 0 Å². The van der Waals surface area contributed by atoms with Gasteiger partial charge < -0.3 is 10.1 Å². The number of aromatic nitrogens is 3. The maximum atomic E-state index is 5.19. The summed E-state index contributed by atoms with van der Waals surface area (Å²) in [6.07, 6.45) is 4.90. The van der Waals surface area contributed by atoms with Crippen molar-refractivity contribution in [3.05, 3.63) is 36.2 Å². The van der Waals surface area contributed by atoms with E-state index in [9.17, 15) is 0 Å². The highest BCUT2D eigenvalue weighted by atomic mass is 16.5. The molecule has 0 saturated carbocycles. The highest BCUT2D eigenvalue weighted by molar-refractivity contribution is 5.34. The number of nitrogens with zero attached hydrogens (tertiary/aromatic N) is 2. The molecule has 0 bridgehead atoms. The molecule has 0 saturated heterocycles. The summed E-state index contributed by atoms with van der Waals surface area (Å²) in [5.41, 5.74) is 1.23. The summed E-state index contributed by atoms with van der Waals surface area (Å²) in [5.74, 6) is 1.58. The number of ether oxygens (including phenoxy) is 1. The standard InChI is InChI=1S/C14H20N4O/c1-3-4-5-13(17-14-15-10-16-18-14)11-6-8-12(19-2)9-7-11/h6-10,13H,3-5H2,1-2H3,(H2,15,16,17,18). The number of benzene rings is 1. The molecule has 1 atom stereocenters. The van der Waals surface area contributed by atoms with Crippen LogP contribution in [0.25, 0.3) is 0 Å². The predicted molar refractivity (Wildman–Crippen MR) is 75.3 cm³/mol. The number of anilines is 1. The smallest absolute Gasteiger partial charge is 0.218 e. The first-order valence-corrected chi connectivity index (χ1v) is 6.59. The number of unbranched alkanes of at least 4 members (excludes halogenated alkanes) is 1. The zero-order chi connectivity index (χ0) is 13.5. The number of nitrogens with one attached hydrogen (secondary N) is 2. The summed E-state index contributed by atoms with van der Waals surface area (Å²) in [6.45, 7) is 2.19. The lowest BCUT2D eigenvalue weighted by Crippen LogP contribution is -2.12. The molecule has 0 aliphatic heterocycles. The van der Waals surface area contributed by atoms with Crippen LogP contribution in [0.4, 0.5) is 5.95 Å². The van der Waals surface area contributed by atoms with Gasteiger partial charge in [0, 0.05) is 0 Å². The first-order chi connectivity index (χ1) is 9.33. The fraction of sp³-hybridized carbons (Fsp3) is 0.429. The lowest BCUT2D eigenvalue weighted by atomic mass is 10.0. The second-order valence-electron chi connectivity index (χ2n) is 4.45. The monoisotopic (exact) mass is 260 g/mol. The molecular formula is C14H20N4O. The minimum absolute atomic E-state index is 0.235. The second-order valence-corrected chi connectivity index (χ2v) is 4.45. The van der Waals surface area contributed by atoms with Gasteiger partial charge in [-0.2, -0.15) is 5.10 Å². The molecule has 0 radical (unpaired) electrons. The van der Waals surface area contributed by atoms with E-state index in [2.05, 4.69) is 39.6 Å². The van der Waals surface area contributed by atoms with Gasteiger partial charge in [-0.3, -0.25) is 0 Å². The van der Waals surface area contributed by atoms with Crippen molar-refractivity contribution in [1.82, 2.24) is 15.2 Å². The topological polar surface area (TPSA) is 62.8 Å². The zero-order valence-corrected chi connectivity index (χ0v) is 11.4. The van der Waals surface area contributed by atoms with E-state index in [0.717, 1.165) is 18.6 Å². The van der Waals surface area contributed by atoms with Gasteiger partial charge in [-0.15, -0.1) is 0 Å². The Balaban J connectivity index is 2.10. The Bertz CT molecular complexity index is 467. The number of methoxy groups -OCH3 is 1. The molecule has 0 fully saturated rings. The largest absolute Gasteiger partial charge is 0.497 e. The van der Waals surface area contributed by atoms with E-state index in [-0.39, 0.29) is 6.04 Å². The number of hydrogen-bond acceptors (Lipinski definition) is 4. The molecule has 1 aromatic carbocycles. The van der Waals surface area contributed by atoms with Crippen LogP contribution in [0, 0.1) is 0 Å². The summed E-state index contributed by atoms with van der Waals surface area (Å²) in [7, 11) is 1.68. The molecular weight excluding hydrogens is 240 g/mol. The fourth-order valence-corrected chi connectivity index (χ4v) is 2.01. The van der Waals surface area contributed by atoms with Crippen molar-refractivity contribution in [2.45, 2.75) is 32.2 Å². The Labute approximate surface area is 113 Å². The van der Waals surface area contributed by atoms with Gasteiger partial charge in [-0.05, 0) is 24.1 Å². The molecule has 0 amide bonds. The van der Waals surface area contributed by atoms with Crippen molar-refractivity contribution >= 4 is 5.95 Å². The van der Waals surface area contributed by atoms with Crippen LogP contribution in [-0.2, 0) is 0 Å². The molecule has 0 aliphatic carbocycles. The molecule has 19 heavy (non-hydrogen) atoms. The lowest BCUT2D eigenvalue weighted by molar-refractivity contribution is 0.414. The van der Waals surface area contributed by atoms with Crippen molar-refractivity contribution < 1.29 is 4.74 Å². The lowest BCUT2D eigenvalue weighted by Gasteiger charge is -2.18. The summed E-state index contributed by atoms with van der Waals surface area (Å²) in [5, 5.41) is 10.1. The van der Waals surface area contributed by atoms with Gasteiger partial charge in [0.15, 0.2) is 0 Å². The van der Waals surface area contributed by atoms with Crippen molar-refractivity contribution in [3.63, 3.8) is 0 Å². The highest BCUT2D eigenvalue weighted by Crippen LogP contribution is 2.24. The van der Waals surface area contributed by atoms with Gasteiger partial charge in [0.2, 0.25) is 5.95 Å². The molecule has 0 aliphatic rings. The fourth-order valence-electron chi connectivity index (χ4n) is 2.01. The Morgan fingerprint density at radius 3 is 2.68 bits per heavy atom. The first kappa shape index (κ1) is 13.4. The Kier molecular flexibility index (Phi) is 4.78. The maximum Gasteiger partial charge on any atom is 0.218 e. The quantitative estimate of drug-likeness (QED) is 0.802. The van der Waals surface area contributed by atoms with Crippen molar-refractivity contribution in [3.8, 4) is 5.75 Å². The summed E-state index contributed by atoms with van der Waals surface area (Å²) >= 11 is 0. The van der Waals surface area contributed by atoms with E-state index in [0.29, 0.717) is 5.95 Å². The van der Waals surface area contributed by atoms with Crippen LogP contribution in [0.2, 0.25) is 0 Å². The molecule has 0 spiro atoms. The van der Waals surface area contributed by atoms with Crippen LogP contribution in [-0.4, -0.2) is 22.3 Å². The van der Waals surface area contributed by atoms with Gasteiger partial charge >= 0.3 is 0 Å². The van der Waals surface area contributed by atoms with Crippen LogP contribution in [0.1, 0.15) is 37.8 Å². The minimum Gasteiger partial charge on any atom is -0.497 e. The normalized spacial score (nSPS) is 12.1. The third-order valence-corrected chi connectivity index (χ3v) is 3.09. The van der Waals surface area contributed by atoms with E-state index in [1.54, 1.807) is 7.11 Å². The van der Waals surface area contributed by atoms with Crippen LogP contribution in [0.3, 0.4) is 0 Å². The average molecular weight is 260 g/mol. The molecule has 5 heteroatoms. The number of rotatable bonds is 7. The SMILES string of the molecule is CCCCC(Nc1ncn[nH]1)c1ccc(OC)cc1. The van der Waals surface area contributed by atoms with E-state index in [4.69, 9.17) is 4.74 Å². The van der Waals surface area contributed by atoms with Crippen LogP contribution >= 0.6 is 0 Å². The van der Waals surface area contributed by atoms with E-state index < -0.39 is 0 Å². The molecule has 1 aromatic heterocycles. The molecule has 2 N–H and O–H groups in total. The van der Waals surface area contributed by atoms with E-state index >= 15 is 0 Å². The van der Waals surface area contributed by atoms with Crippen molar-refractivity contribution in [2.24, 2.45) is 0 Å². The number of H-pyrrole nitrogens is 1. The Morgan fingerprint density at radius 2 is 2.11 bits per heavy atom. The van der Waals surface area contributed by atoms with Crippen LogP contribution in [0.5, 0.6) is 5.75 Å². The molecule has 5 nitrogen and oxygen atoms in total. The zero-order valence-electron chi connectivity index (χ0n) is 11.4. The van der Waals surface area contributed by atoms with Gasteiger partial charge in [-0.25, -0.2) is 10.1 Å². The highest BCUT2D eigenvalue weighted by Gasteiger charge is 2.12. The molecule has 2 rings (SSSR count). The summed E-state index contributed by atoms with van der Waals surface area (Å²) in [6, 6.07) is 8.37. The summed E-state index contributed by atoms with van der Waals surface area (Å²) < 4.78 is 5.19. The van der Waals surface area contributed by atoms with Crippen molar-refractivity contribution in [2.75, 3.05) is 12.4 Å². The van der Waals surface area contributed by atoms with Crippen LogP contribution in [0.15, 0.2) is 30.6 Å². The number of hydrogen-bond donors (Lipinski definition) is 2. The summed E-state index contributed by atoms with van der Waals surface area (Å²) in [4.78, 5) is 4.12. The third kappa shape index (κ3) is 3.71. The average Bonchev–Trinajstić information content (AvgIpc) is 2.96. The molecule has 102 valence electrons.